The third kappa shape index (κ3) is 2.95. The van der Waals surface area contributed by atoms with Crippen molar-refractivity contribution < 1.29 is 13.9 Å². The first-order valence-corrected chi connectivity index (χ1v) is 11.1. The van der Waals surface area contributed by atoms with Crippen LogP contribution in [0, 0.1) is 0 Å². The molecule has 2 aliphatic heterocycles. The molecule has 2 fully saturated rings. The van der Waals surface area contributed by atoms with E-state index in [2.05, 4.69) is 17.2 Å². The molecule has 5 heterocycles. The summed E-state index contributed by atoms with van der Waals surface area (Å²) in [5, 5.41) is 4.32. The standard InChI is InChI=1S/C24H25FN6O2/c1-13-20-17(27-20)12-31(13)24(32)15-9-16-21(19(11-15)33-3)29(2)23(28-16)18-10-14-5-4-7-26-22(14)30(18)8-6-25/h4-5,7,9-11,13,17,20,27H,6,8,12H2,1-3H3. The Labute approximate surface area is 190 Å². The van der Waals surface area contributed by atoms with Crippen LogP contribution in [-0.2, 0) is 13.6 Å². The number of piperazine rings is 1. The van der Waals surface area contributed by atoms with E-state index in [0.717, 1.165) is 28.8 Å². The summed E-state index contributed by atoms with van der Waals surface area (Å²) in [6, 6.07) is 10.4. The summed E-state index contributed by atoms with van der Waals surface area (Å²) >= 11 is 0. The van der Waals surface area contributed by atoms with Gasteiger partial charge in [-0.1, -0.05) is 0 Å². The van der Waals surface area contributed by atoms with E-state index in [4.69, 9.17) is 9.72 Å². The number of hydrogen-bond acceptors (Lipinski definition) is 5. The maximum Gasteiger partial charge on any atom is 0.254 e. The molecule has 0 spiro atoms. The van der Waals surface area contributed by atoms with Gasteiger partial charge in [-0.25, -0.2) is 14.4 Å². The van der Waals surface area contributed by atoms with Crippen LogP contribution in [0.5, 0.6) is 5.75 Å². The molecule has 1 aromatic carbocycles. The molecular formula is C24H25FN6O2. The van der Waals surface area contributed by atoms with E-state index < -0.39 is 6.67 Å². The number of pyridine rings is 1. The highest BCUT2D eigenvalue weighted by Gasteiger charge is 2.51. The minimum absolute atomic E-state index is 0.0142. The van der Waals surface area contributed by atoms with Crippen LogP contribution in [0.25, 0.3) is 33.6 Å². The number of aromatic nitrogens is 4. The lowest BCUT2D eigenvalue weighted by Crippen LogP contribution is -2.40. The van der Waals surface area contributed by atoms with Crippen molar-refractivity contribution in [3.05, 3.63) is 42.1 Å². The van der Waals surface area contributed by atoms with Gasteiger partial charge in [-0.15, -0.1) is 0 Å². The molecule has 0 radical (unpaired) electrons. The minimum atomic E-state index is -0.510. The lowest BCUT2D eigenvalue weighted by molar-refractivity contribution is 0.0727. The molecular weight excluding hydrogens is 423 g/mol. The van der Waals surface area contributed by atoms with Gasteiger partial charge in [0.1, 0.15) is 23.6 Å². The van der Waals surface area contributed by atoms with Crippen LogP contribution in [0.3, 0.4) is 0 Å². The molecule has 0 bridgehead atoms. The van der Waals surface area contributed by atoms with Crippen molar-refractivity contribution in [1.29, 1.82) is 0 Å². The predicted molar refractivity (Wildman–Crippen MR) is 123 cm³/mol. The molecule has 8 nitrogen and oxygen atoms in total. The second-order valence-electron chi connectivity index (χ2n) is 8.82. The van der Waals surface area contributed by atoms with Gasteiger partial charge in [0, 0.05) is 48.9 Å². The average Bonchev–Trinajstić information content (AvgIpc) is 3.26. The van der Waals surface area contributed by atoms with Crippen LogP contribution < -0.4 is 10.1 Å². The molecule has 9 heteroatoms. The Morgan fingerprint density at radius 2 is 2.18 bits per heavy atom. The highest BCUT2D eigenvalue weighted by Crippen LogP contribution is 2.35. The number of benzene rings is 1. The number of likely N-dealkylation sites (tertiary alicyclic amines) is 1. The number of rotatable bonds is 5. The van der Waals surface area contributed by atoms with Crippen LogP contribution >= 0.6 is 0 Å². The summed E-state index contributed by atoms with van der Waals surface area (Å²) in [6.07, 6.45) is 1.70. The first-order valence-electron chi connectivity index (χ1n) is 11.1. The van der Waals surface area contributed by atoms with Gasteiger partial charge in [-0.05, 0) is 37.3 Å². The molecule has 1 amide bonds. The van der Waals surface area contributed by atoms with Crippen molar-refractivity contribution >= 4 is 28.0 Å². The second-order valence-corrected chi connectivity index (χ2v) is 8.82. The number of halogens is 1. The van der Waals surface area contributed by atoms with E-state index in [0.29, 0.717) is 34.7 Å². The monoisotopic (exact) mass is 448 g/mol. The van der Waals surface area contributed by atoms with E-state index in [1.54, 1.807) is 19.4 Å². The van der Waals surface area contributed by atoms with Crippen molar-refractivity contribution in [2.45, 2.75) is 31.6 Å². The van der Waals surface area contributed by atoms with Crippen LogP contribution in [0.1, 0.15) is 17.3 Å². The Morgan fingerprint density at radius 1 is 1.33 bits per heavy atom. The van der Waals surface area contributed by atoms with Crippen molar-refractivity contribution in [1.82, 2.24) is 29.3 Å². The van der Waals surface area contributed by atoms with Gasteiger partial charge in [0.15, 0.2) is 5.82 Å². The number of nitrogens with one attached hydrogen (secondary N) is 1. The Kier molecular flexibility index (Phi) is 4.45. The van der Waals surface area contributed by atoms with Crippen molar-refractivity contribution in [2.24, 2.45) is 7.05 Å². The zero-order chi connectivity index (χ0) is 22.9. The normalized spacial score (nSPS) is 21.7. The zero-order valence-electron chi connectivity index (χ0n) is 18.7. The summed E-state index contributed by atoms with van der Waals surface area (Å²) in [4.78, 5) is 24.5. The Balaban J connectivity index is 1.49. The lowest BCUT2D eigenvalue weighted by Gasteiger charge is -2.24. The predicted octanol–water partition coefficient (Wildman–Crippen LogP) is 2.75. The third-order valence-corrected chi connectivity index (χ3v) is 6.99. The molecule has 2 saturated heterocycles. The number of alkyl halides is 1. The Hall–Kier alpha value is -3.46. The fourth-order valence-electron chi connectivity index (χ4n) is 5.24. The average molecular weight is 449 g/mol. The Bertz CT molecular complexity index is 1410. The largest absolute Gasteiger partial charge is 0.494 e. The molecule has 1 N–H and O–H groups in total. The molecule has 2 aliphatic rings. The molecule has 0 aliphatic carbocycles. The van der Waals surface area contributed by atoms with E-state index >= 15 is 0 Å². The maximum atomic E-state index is 13.4. The quantitative estimate of drug-likeness (QED) is 0.475. The molecule has 0 saturated carbocycles. The summed E-state index contributed by atoms with van der Waals surface area (Å²) in [6.45, 7) is 2.47. The highest BCUT2D eigenvalue weighted by atomic mass is 19.1. The summed E-state index contributed by atoms with van der Waals surface area (Å²) < 4.78 is 22.9. The van der Waals surface area contributed by atoms with Gasteiger partial charge in [0.2, 0.25) is 0 Å². The van der Waals surface area contributed by atoms with Gasteiger partial charge in [-0.2, -0.15) is 0 Å². The molecule has 6 rings (SSSR count). The van der Waals surface area contributed by atoms with E-state index in [9.17, 15) is 9.18 Å². The topological polar surface area (TPSA) is 87.1 Å². The third-order valence-electron chi connectivity index (χ3n) is 6.99. The van der Waals surface area contributed by atoms with E-state index in [1.165, 1.54) is 0 Å². The van der Waals surface area contributed by atoms with Crippen molar-refractivity contribution in [2.75, 3.05) is 20.3 Å². The number of nitrogens with zero attached hydrogens (tertiary/aromatic N) is 5. The van der Waals surface area contributed by atoms with Crippen LogP contribution in [-0.4, -0.2) is 68.4 Å². The number of hydrogen-bond donors (Lipinski definition) is 1. The summed E-state index contributed by atoms with van der Waals surface area (Å²) in [5.74, 6) is 1.23. The van der Waals surface area contributed by atoms with Crippen molar-refractivity contribution in [3.8, 4) is 17.3 Å². The van der Waals surface area contributed by atoms with Gasteiger partial charge >= 0.3 is 0 Å². The van der Waals surface area contributed by atoms with Crippen LogP contribution in [0.2, 0.25) is 0 Å². The van der Waals surface area contributed by atoms with E-state index in [1.807, 2.05) is 45.3 Å². The molecule has 33 heavy (non-hydrogen) atoms. The smallest absolute Gasteiger partial charge is 0.254 e. The summed E-state index contributed by atoms with van der Waals surface area (Å²) in [7, 11) is 3.50. The first-order chi connectivity index (χ1) is 16.0. The lowest BCUT2D eigenvalue weighted by atomic mass is 10.1. The first kappa shape index (κ1) is 20.2. The number of methoxy groups -OCH3 is 1. The van der Waals surface area contributed by atoms with Crippen LogP contribution in [0.4, 0.5) is 4.39 Å². The second kappa shape index (κ2) is 7.28. The number of ether oxygens (including phenoxy) is 1. The SMILES string of the molecule is COc1cc(C(=O)N2CC3NC3C2C)cc2nc(-c3cc4cccnc4n3CCF)n(C)c12. The Morgan fingerprint density at radius 3 is 2.91 bits per heavy atom. The number of aryl methyl sites for hydroxylation is 2. The molecule has 3 unspecified atom stereocenters. The molecule has 4 aromatic rings. The fourth-order valence-corrected chi connectivity index (χ4v) is 5.24. The maximum absolute atomic E-state index is 13.4. The number of carbonyl (C=O) groups excluding carboxylic acids is 1. The molecule has 3 atom stereocenters. The van der Waals surface area contributed by atoms with E-state index in [-0.39, 0.29) is 18.5 Å². The number of imidazole rings is 1. The highest BCUT2D eigenvalue weighted by molar-refractivity contribution is 6.00. The summed E-state index contributed by atoms with van der Waals surface area (Å²) in [5.41, 5.74) is 3.50. The minimum Gasteiger partial charge on any atom is -0.494 e. The van der Waals surface area contributed by atoms with Gasteiger partial charge < -0.3 is 24.1 Å². The molecule has 170 valence electrons. The van der Waals surface area contributed by atoms with Gasteiger partial charge in [0.05, 0.1) is 24.9 Å². The van der Waals surface area contributed by atoms with Gasteiger partial charge in [0.25, 0.3) is 5.91 Å². The fraction of sp³-hybridized carbons (Fsp3) is 0.375. The zero-order valence-corrected chi connectivity index (χ0v) is 18.7. The van der Waals surface area contributed by atoms with Crippen molar-refractivity contribution in [3.63, 3.8) is 0 Å². The van der Waals surface area contributed by atoms with Gasteiger partial charge in [-0.3, -0.25) is 4.79 Å². The van der Waals surface area contributed by atoms with Crippen LogP contribution in [0.15, 0.2) is 36.5 Å². The number of amides is 1. The molecule has 3 aromatic heterocycles. The number of fused-ring (bicyclic) bond motifs is 3. The number of carbonyl (C=O) groups is 1.